The van der Waals surface area contributed by atoms with Crippen LogP contribution in [0, 0.1) is 17.6 Å². The summed E-state index contributed by atoms with van der Waals surface area (Å²) < 4.78 is 52.4. The van der Waals surface area contributed by atoms with Gasteiger partial charge in [0, 0.05) is 19.2 Å². The number of hydrogen-bond donors (Lipinski definition) is 1. The number of hydrogen-bond acceptors (Lipinski definition) is 3. The number of rotatable bonds is 3. The van der Waals surface area contributed by atoms with E-state index < -0.39 is 32.7 Å². The Morgan fingerprint density at radius 1 is 1.40 bits per heavy atom. The van der Waals surface area contributed by atoms with Crippen LogP contribution in [0.4, 0.5) is 8.78 Å². The highest BCUT2D eigenvalue weighted by atomic mass is 32.2. The van der Waals surface area contributed by atoms with Crippen molar-refractivity contribution in [2.75, 3.05) is 13.1 Å². The highest BCUT2D eigenvalue weighted by Crippen LogP contribution is 2.27. The fourth-order valence-corrected chi connectivity index (χ4v) is 3.99. The van der Waals surface area contributed by atoms with Crippen LogP contribution in [0.5, 0.6) is 0 Å². The summed E-state index contributed by atoms with van der Waals surface area (Å²) in [6, 6.07) is 2.42. The SMILES string of the molecule is CC(O)C1CCCN(S(=O)(=O)c2ccc(F)cc2F)C1. The Balaban J connectivity index is 2.30. The molecule has 2 unspecified atom stereocenters. The highest BCUT2D eigenvalue weighted by Gasteiger charge is 2.33. The molecule has 1 aliphatic heterocycles. The summed E-state index contributed by atoms with van der Waals surface area (Å²) in [7, 11) is -4.00. The van der Waals surface area contributed by atoms with E-state index >= 15 is 0 Å². The highest BCUT2D eigenvalue weighted by molar-refractivity contribution is 7.89. The van der Waals surface area contributed by atoms with Crippen LogP contribution < -0.4 is 0 Å². The van der Waals surface area contributed by atoms with Gasteiger partial charge in [-0.15, -0.1) is 0 Å². The van der Waals surface area contributed by atoms with E-state index in [2.05, 4.69) is 0 Å². The minimum Gasteiger partial charge on any atom is -0.393 e. The maximum absolute atomic E-state index is 13.7. The summed E-state index contributed by atoms with van der Waals surface area (Å²) >= 11 is 0. The molecule has 4 nitrogen and oxygen atoms in total. The average Bonchev–Trinajstić information content (AvgIpc) is 2.38. The number of sulfonamides is 1. The minimum atomic E-state index is -4.00. The number of piperidine rings is 1. The predicted molar refractivity (Wildman–Crippen MR) is 69.5 cm³/mol. The van der Waals surface area contributed by atoms with E-state index in [1.165, 1.54) is 0 Å². The number of benzene rings is 1. The molecule has 1 fully saturated rings. The average molecular weight is 305 g/mol. The van der Waals surface area contributed by atoms with Gasteiger partial charge in [0.05, 0.1) is 6.10 Å². The molecule has 0 aliphatic carbocycles. The van der Waals surface area contributed by atoms with Crippen LogP contribution in [0.3, 0.4) is 0 Å². The Bertz CT molecular complexity index is 589. The molecule has 7 heteroatoms. The summed E-state index contributed by atoms with van der Waals surface area (Å²) in [5.41, 5.74) is 0. The summed E-state index contributed by atoms with van der Waals surface area (Å²) in [6.45, 7) is 2.04. The summed E-state index contributed by atoms with van der Waals surface area (Å²) in [4.78, 5) is -0.523. The monoisotopic (exact) mass is 305 g/mol. The van der Waals surface area contributed by atoms with E-state index in [9.17, 15) is 22.3 Å². The van der Waals surface area contributed by atoms with Crippen LogP contribution in [0.2, 0.25) is 0 Å². The molecular weight excluding hydrogens is 288 g/mol. The molecule has 20 heavy (non-hydrogen) atoms. The molecule has 0 radical (unpaired) electrons. The smallest absolute Gasteiger partial charge is 0.245 e. The lowest BCUT2D eigenvalue weighted by molar-refractivity contribution is 0.0885. The number of aliphatic hydroxyl groups excluding tert-OH is 1. The third-order valence-corrected chi connectivity index (χ3v) is 5.51. The Kier molecular flexibility index (Phi) is 4.41. The van der Waals surface area contributed by atoms with E-state index in [-0.39, 0.29) is 19.0 Å². The van der Waals surface area contributed by atoms with Gasteiger partial charge in [-0.1, -0.05) is 0 Å². The van der Waals surface area contributed by atoms with Crippen LogP contribution in [0.15, 0.2) is 23.1 Å². The first kappa shape index (κ1) is 15.3. The van der Waals surface area contributed by atoms with Gasteiger partial charge < -0.3 is 5.11 Å². The molecule has 1 aliphatic rings. The van der Waals surface area contributed by atoms with E-state index in [0.29, 0.717) is 12.5 Å². The standard InChI is InChI=1S/C13H17F2NO3S/c1-9(17)10-3-2-6-16(8-10)20(18,19)13-5-4-11(14)7-12(13)15/h4-5,7,9-10,17H,2-3,6,8H2,1H3. The molecule has 1 aromatic rings. The van der Waals surface area contributed by atoms with Crippen molar-refractivity contribution in [1.82, 2.24) is 4.31 Å². The second-order valence-electron chi connectivity index (χ2n) is 5.08. The molecule has 2 atom stereocenters. The van der Waals surface area contributed by atoms with Crippen molar-refractivity contribution in [3.05, 3.63) is 29.8 Å². The molecule has 0 saturated carbocycles. The van der Waals surface area contributed by atoms with Crippen molar-refractivity contribution in [2.45, 2.75) is 30.8 Å². The Morgan fingerprint density at radius 2 is 2.10 bits per heavy atom. The Hall–Kier alpha value is -1.05. The number of nitrogens with zero attached hydrogens (tertiary/aromatic N) is 1. The third kappa shape index (κ3) is 2.99. The number of aliphatic hydroxyl groups is 1. The van der Waals surface area contributed by atoms with Crippen molar-refractivity contribution in [2.24, 2.45) is 5.92 Å². The molecule has 0 amide bonds. The largest absolute Gasteiger partial charge is 0.393 e. The van der Waals surface area contributed by atoms with Gasteiger partial charge in [-0.25, -0.2) is 17.2 Å². The van der Waals surface area contributed by atoms with Gasteiger partial charge in [0.15, 0.2) is 0 Å². The fraction of sp³-hybridized carbons (Fsp3) is 0.538. The molecule has 1 saturated heterocycles. The summed E-state index contributed by atoms with van der Waals surface area (Å²) in [5.74, 6) is -2.08. The van der Waals surface area contributed by atoms with E-state index in [1.807, 2.05) is 0 Å². The van der Waals surface area contributed by atoms with Crippen molar-refractivity contribution >= 4 is 10.0 Å². The lowest BCUT2D eigenvalue weighted by Crippen LogP contribution is -2.43. The molecule has 0 spiro atoms. The Morgan fingerprint density at radius 3 is 2.70 bits per heavy atom. The third-order valence-electron chi connectivity index (χ3n) is 3.61. The van der Waals surface area contributed by atoms with Gasteiger partial charge >= 0.3 is 0 Å². The molecule has 0 bridgehead atoms. The zero-order valence-corrected chi connectivity index (χ0v) is 11.9. The van der Waals surface area contributed by atoms with Crippen molar-refractivity contribution in [3.8, 4) is 0 Å². The van der Waals surface area contributed by atoms with Gasteiger partial charge in [-0.2, -0.15) is 4.31 Å². The first-order valence-corrected chi connectivity index (χ1v) is 7.89. The van der Waals surface area contributed by atoms with E-state index in [1.54, 1.807) is 6.92 Å². The van der Waals surface area contributed by atoms with E-state index in [0.717, 1.165) is 22.9 Å². The second-order valence-corrected chi connectivity index (χ2v) is 6.99. The Labute approximate surface area is 117 Å². The molecular formula is C13H17F2NO3S. The lowest BCUT2D eigenvalue weighted by atomic mass is 9.95. The van der Waals surface area contributed by atoms with E-state index in [4.69, 9.17) is 0 Å². The lowest BCUT2D eigenvalue weighted by Gasteiger charge is -2.33. The van der Waals surface area contributed by atoms with Crippen LogP contribution in [0.1, 0.15) is 19.8 Å². The maximum Gasteiger partial charge on any atom is 0.245 e. The molecule has 0 aromatic heterocycles. The maximum atomic E-state index is 13.7. The molecule has 1 N–H and O–H groups in total. The number of halogens is 2. The topological polar surface area (TPSA) is 57.6 Å². The zero-order chi connectivity index (χ0) is 14.9. The van der Waals surface area contributed by atoms with Crippen LogP contribution in [-0.4, -0.2) is 37.0 Å². The first-order valence-electron chi connectivity index (χ1n) is 6.45. The van der Waals surface area contributed by atoms with Gasteiger partial charge in [0.2, 0.25) is 10.0 Å². The normalized spacial score (nSPS) is 22.7. The zero-order valence-electron chi connectivity index (χ0n) is 11.1. The molecule has 2 rings (SSSR count). The molecule has 112 valence electrons. The first-order chi connectivity index (χ1) is 9.32. The summed E-state index contributed by atoms with van der Waals surface area (Å²) in [5, 5.41) is 9.58. The van der Waals surface area contributed by atoms with Crippen molar-refractivity contribution in [1.29, 1.82) is 0 Å². The van der Waals surface area contributed by atoms with Gasteiger partial charge in [-0.05, 0) is 37.8 Å². The van der Waals surface area contributed by atoms with Crippen molar-refractivity contribution in [3.63, 3.8) is 0 Å². The van der Waals surface area contributed by atoms with Gasteiger partial charge in [0.1, 0.15) is 16.5 Å². The second kappa shape index (κ2) is 5.75. The van der Waals surface area contributed by atoms with Crippen molar-refractivity contribution < 1.29 is 22.3 Å². The van der Waals surface area contributed by atoms with Gasteiger partial charge in [-0.3, -0.25) is 0 Å². The quantitative estimate of drug-likeness (QED) is 0.925. The summed E-state index contributed by atoms with van der Waals surface area (Å²) in [6.07, 6.45) is 0.721. The van der Waals surface area contributed by atoms with Gasteiger partial charge in [0.25, 0.3) is 0 Å². The molecule has 1 aromatic carbocycles. The minimum absolute atomic E-state index is 0.150. The van der Waals surface area contributed by atoms with Crippen LogP contribution in [0.25, 0.3) is 0 Å². The van der Waals surface area contributed by atoms with Crippen LogP contribution >= 0.6 is 0 Å². The van der Waals surface area contributed by atoms with Crippen LogP contribution in [-0.2, 0) is 10.0 Å². The fourth-order valence-electron chi connectivity index (χ4n) is 2.41. The molecule has 1 heterocycles. The predicted octanol–water partition coefficient (Wildman–Crippen LogP) is 1.75.